The third-order valence-electron chi connectivity index (χ3n) is 5.53. The van der Waals surface area contributed by atoms with Crippen LogP contribution in [0.15, 0.2) is 12.2 Å². The number of rotatable bonds is 4. The van der Waals surface area contributed by atoms with Crippen molar-refractivity contribution < 1.29 is 28.2 Å². The lowest BCUT2D eigenvalue weighted by molar-refractivity contribution is -0.153. The Morgan fingerprint density at radius 3 is 2.28 bits per heavy atom. The maximum Gasteiger partial charge on any atom is 0.417 e. The maximum atomic E-state index is 12.8. The summed E-state index contributed by atoms with van der Waals surface area (Å²) in [5.74, 6) is -1.16. The Balaban J connectivity index is 2.37. The van der Waals surface area contributed by atoms with Crippen LogP contribution in [-0.4, -0.2) is 61.5 Å². The zero-order valence-corrected chi connectivity index (χ0v) is 20.5. The second-order valence-corrected chi connectivity index (χ2v) is 15.5. The summed E-state index contributed by atoms with van der Waals surface area (Å²) in [7, 11) is -2.24. The number of amides is 2. The van der Waals surface area contributed by atoms with Gasteiger partial charge in [-0.05, 0) is 52.8 Å². The number of nitrogens with zero attached hydrogens (tertiary/aromatic N) is 1. The van der Waals surface area contributed by atoms with Crippen LogP contribution >= 0.6 is 0 Å². The number of ether oxygens (including phenoxy) is 3. The molecule has 8 heteroatoms. The third kappa shape index (κ3) is 5.68. The summed E-state index contributed by atoms with van der Waals surface area (Å²) in [6.45, 7) is 20.0. The predicted molar refractivity (Wildman–Crippen MR) is 113 cm³/mol. The fourth-order valence-corrected chi connectivity index (χ4v) is 4.36. The van der Waals surface area contributed by atoms with Crippen LogP contribution in [0, 0.1) is 0 Å². The lowest BCUT2D eigenvalue weighted by Crippen LogP contribution is -2.57. The van der Waals surface area contributed by atoms with Gasteiger partial charge in [0.05, 0.1) is 18.8 Å². The molecule has 0 unspecified atom stereocenters. The van der Waals surface area contributed by atoms with E-state index >= 15 is 0 Å². The Labute approximate surface area is 175 Å². The Morgan fingerprint density at radius 2 is 1.83 bits per heavy atom. The zero-order valence-electron chi connectivity index (χ0n) is 19.5. The van der Waals surface area contributed by atoms with Crippen LogP contribution in [0.5, 0.6) is 0 Å². The van der Waals surface area contributed by atoms with Crippen LogP contribution in [-0.2, 0) is 23.4 Å². The highest BCUT2D eigenvalue weighted by molar-refractivity contribution is 6.74. The van der Waals surface area contributed by atoms with Gasteiger partial charge in [-0.25, -0.2) is 9.69 Å². The van der Waals surface area contributed by atoms with E-state index in [2.05, 4.69) is 33.9 Å². The van der Waals surface area contributed by atoms with E-state index in [0.717, 1.165) is 4.90 Å². The number of imide groups is 1. The SMILES string of the molecule is CC(C)(C)OC(=O)N1C(=O)C=C[C@@H]1[C@H](O[Si](C)(C)C(C)(C)C)[C@H]1COC(C)(C)O1. The van der Waals surface area contributed by atoms with Crippen molar-refractivity contribution in [3.8, 4) is 0 Å². The van der Waals surface area contributed by atoms with Gasteiger partial charge >= 0.3 is 6.09 Å². The minimum Gasteiger partial charge on any atom is -0.443 e. The molecule has 2 amide bonds. The van der Waals surface area contributed by atoms with E-state index in [0.29, 0.717) is 6.61 Å². The first-order valence-electron chi connectivity index (χ1n) is 10.2. The number of hydrogen-bond acceptors (Lipinski definition) is 6. The average Bonchev–Trinajstić information content (AvgIpc) is 3.04. The molecule has 166 valence electrons. The summed E-state index contributed by atoms with van der Waals surface area (Å²) < 4.78 is 24.1. The van der Waals surface area contributed by atoms with Gasteiger partial charge in [0, 0.05) is 6.08 Å². The van der Waals surface area contributed by atoms with Crippen LogP contribution in [0.2, 0.25) is 18.1 Å². The van der Waals surface area contributed by atoms with Crippen LogP contribution in [0.3, 0.4) is 0 Å². The molecule has 1 fully saturated rings. The molecule has 0 saturated carbocycles. The molecule has 1 saturated heterocycles. The average molecular weight is 428 g/mol. The van der Waals surface area contributed by atoms with Gasteiger partial charge < -0.3 is 18.6 Å². The lowest BCUT2D eigenvalue weighted by Gasteiger charge is -2.43. The first kappa shape index (κ1) is 24.1. The molecule has 29 heavy (non-hydrogen) atoms. The topological polar surface area (TPSA) is 74.3 Å². The van der Waals surface area contributed by atoms with Crippen molar-refractivity contribution >= 4 is 20.3 Å². The van der Waals surface area contributed by atoms with E-state index < -0.39 is 50.0 Å². The van der Waals surface area contributed by atoms with Crippen molar-refractivity contribution in [1.82, 2.24) is 4.90 Å². The van der Waals surface area contributed by atoms with Gasteiger partial charge in [-0.15, -0.1) is 0 Å². The number of hydrogen-bond donors (Lipinski definition) is 0. The van der Waals surface area contributed by atoms with Crippen molar-refractivity contribution in [2.45, 2.75) is 103 Å². The van der Waals surface area contributed by atoms with Gasteiger partial charge in [-0.1, -0.05) is 26.8 Å². The summed E-state index contributed by atoms with van der Waals surface area (Å²) in [4.78, 5) is 26.5. The number of carbonyl (C=O) groups is 2. The molecule has 7 nitrogen and oxygen atoms in total. The van der Waals surface area contributed by atoms with E-state index in [1.54, 1.807) is 26.8 Å². The molecule has 2 aliphatic heterocycles. The molecule has 0 spiro atoms. The van der Waals surface area contributed by atoms with Crippen LogP contribution < -0.4 is 0 Å². The minimum atomic E-state index is -2.24. The standard InChI is InChI=1S/C21H37NO6Si/c1-19(2,3)27-18(24)22-14(11-12-16(22)23)17(15-13-25-21(7,8)26-15)28-29(9,10)20(4,5)6/h11-12,14-15,17H,13H2,1-10H3/t14-,15-,17+/m1/s1. The molecule has 0 radical (unpaired) electrons. The lowest BCUT2D eigenvalue weighted by atomic mass is 10.1. The number of carbonyl (C=O) groups excluding carboxylic acids is 2. The van der Waals surface area contributed by atoms with E-state index in [-0.39, 0.29) is 5.04 Å². The van der Waals surface area contributed by atoms with Crippen molar-refractivity contribution in [3.05, 3.63) is 12.2 Å². The Hall–Kier alpha value is -1.22. The van der Waals surface area contributed by atoms with Gasteiger partial charge in [-0.3, -0.25) is 4.79 Å². The molecule has 2 heterocycles. The molecule has 3 atom stereocenters. The summed E-state index contributed by atoms with van der Waals surface area (Å²) in [5, 5.41) is -0.0523. The predicted octanol–water partition coefficient (Wildman–Crippen LogP) is 4.23. The first-order chi connectivity index (χ1) is 12.9. The molecule has 0 bridgehead atoms. The van der Waals surface area contributed by atoms with Crippen LogP contribution in [0.4, 0.5) is 4.79 Å². The van der Waals surface area contributed by atoms with Gasteiger partial charge in [0.2, 0.25) is 0 Å². The Morgan fingerprint density at radius 1 is 1.24 bits per heavy atom. The van der Waals surface area contributed by atoms with Crippen molar-refractivity contribution in [3.63, 3.8) is 0 Å². The zero-order chi connectivity index (χ0) is 22.4. The summed E-state index contributed by atoms with van der Waals surface area (Å²) >= 11 is 0. The fraction of sp³-hybridized carbons (Fsp3) is 0.810. The molecule has 0 aromatic heterocycles. The second kappa shape index (κ2) is 7.79. The highest BCUT2D eigenvalue weighted by Crippen LogP contribution is 2.40. The molecule has 0 aliphatic carbocycles. The van der Waals surface area contributed by atoms with Gasteiger partial charge in [-0.2, -0.15) is 0 Å². The smallest absolute Gasteiger partial charge is 0.417 e. The molecule has 0 aromatic rings. The van der Waals surface area contributed by atoms with Crippen molar-refractivity contribution in [2.75, 3.05) is 6.61 Å². The second-order valence-electron chi connectivity index (χ2n) is 10.7. The Bertz CT molecular complexity index is 674. The largest absolute Gasteiger partial charge is 0.443 e. The highest BCUT2D eigenvalue weighted by atomic mass is 28.4. The monoisotopic (exact) mass is 427 g/mol. The van der Waals surface area contributed by atoms with E-state index in [1.165, 1.54) is 6.08 Å². The maximum absolute atomic E-state index is 12.8. The summed E-state index contributed by atoms with van der Waals surface area (Å²) in [5.41, 5.74) is -0.713. The molecule has 0 N–H and O–H groups in total. The van der Waals surface area contributed by atoms with Gasteiger partial charge in [0.1, 0.15) is 11.7 Å². The summed E-state index contributed by atoms with van der Waals surface area (Å²) in [6.07, 6.45) is 1.47. The van der Waals surface area contributed by atoms with Gasteiger partial charge in [0.15, 0.2) is 14.1 Å². The molecular formula is C21H37NO6Si. The van der Waals surface area contributed by atoms with E-state index in [1.807, 2.05) is 13.8 Å². The highest BCUT2D eigenvalue weighted by Gasteiger charge is 2.50. The van der Waals surface area contributed by atoms with Crippen molar-refractivity contribution in [2.24, 2.45) is 0 Å². The van der Waals surface area contributed by atoms with E-state index in [9.17, 15) is 9.59 Å². The molecule has 0 aromatic carbocycles. The molecular weight excluding hydrogens is 390 g/mol. The van der Waals surface area contributed by atoms with Crippen LogP contribution in [0.25, 0.3) is 0 Å². The van der Waals surface area contributed by atoms with E-state index in [4.69, 9.17) is 18.6 Å². The van der Waals surface area contributed by atoms with Crippen LogP contribution in [0.1, 0.15) is 55.4 Å². The van der Waals surface area contributed by atoms with Gasteiger partial charge in [0.25, 0.3) is 5.91 Å². The molecule has 2 rings (SSSR count). The quantitative estimate of drug-likeness (QED) is 0.625. The fourth-order valence-electron chi connectivity index (χ4n) is 3.03. The van der Waals surface area contributed by atoms with Crippen molar-refractivity contribution in [1.29, 1.82) is 0 Å². The third-order valence-corrected chi connectivity index (χ3v) is 10.0. The molecule has 2 aliphatic rings. The Kier molecular flexibility index (Phi) is 6.46. The summed E-state index contributed by atoms with van der Waals surface area (Å²) in [6, 6.07) is -0.617. The first-order valence-corrected chi connectivity index (χ1v) is 13.1. The normalized spacial score (nSPS) is 26.1. The minimum absolute atomic E-state index is 0.0523.